The number of nitrogens with one attached hydrogen (secondary N) is 1. The molecule has 0 spiro atoms. The normalized spacial score (nSPS) is 11.3. The van der Waals surface area contributed by atoms with Gasteiger partial charge in [-0.3, -0.25) is 0 Å². The molecule has 30 heavy (non-hydrogen) atoms. The number of aromatic amines is 1. The van der Waals surface area contributed by atoms with Crippen molar-refractivity contribution in [1.29, 1.82) is 0 Å². The lowest BCUT2D eigenvalue weighted by Gasteiger charge is -2.12. The molecule has 2 aromatic carbocycles. The molecule has 0 aliphatic rings. The maximum absolute atomic E-state index is 12.9. The molecule has 1 heterocycles. The molecule has 5 nitrogen and oxygen atoms in total. The van der Waals surface area contributed by atoms with Crippen molar-refractivity contribution in [2.75, 3.05) is 20.8 Å². The standard InChI is InChI=1S/C22H20F3NO4/c1-4-30-21(27)18-12-26-20(13-5-7-15(8-6-13)22(23,24)25)19(18)14-9-16(28-2)11-17(10-14)29-3/h5-12,26H,4H2,1-3H3. The maximum Gasteiger partial charge on any atom is 0.416 e. The summed E-state index contributed by atoms with van der Waals surface area (Å²) in [6.45, 7) is 1.87. The van der Waals surface area contributed by atoms with Gasteiger partial charge in [0.15, 0.2) is 0 Å². The van der Waals surface area contributed by atoms with Gasteiger partial charge in [0.1, 0.15) is 11.5 Å². The van der Waals surface area contributed by atoms with Crippen LogP contribution in [0.25, 0.3) is 22.4 Å². The van der Waals surface area contributed by atoms with E-state index in [1.54, 1.807) is 25.1 Å². The van der Waals surface area contributed by atoms with Crippen LogP contribution < -0.4 is 9.47 Å². The van der Waals surface area contributed by atoms with Gasteiger partial charge in [-0.25, -0.2) is 4.79 Å². The van der Waals surface area contributed by atoms with Crippen LogP contribution in [-0.4, -0.2) is 31.8 Å². The monoisotopic (exact) mass is 419 g/mol. The molecule has 0 aliphatic heterocycles. The number of esters is 1. The van der Waals surface area contributed by atoms with Gasteiger partial charge < -0.3 is 19.2 Å². The summed E-state index contributed by atoms with van der Waals surface area (Å²) in [5.74, 6) is 0.446. The molecular formula is C22H20F3NO4. The van der Waals surface area contributed by atoms with E-state index in [-0.39, 0.29) is 12.2 Å². The molecule has 0 amide bonds. The third kappa shape index (κ3) is 4.27. The Morgan fingerprint density at radius 1 is 0.967 bits per heavy atom. The first kappa shape index (κ1) is 21.3. The zero-order valence-corrected chi connectivity index (χ0v) is 16.6. The second-order valence-corrected chi connectivity index (χ2v) is 6.35. The highest BCUT2D eigenvalue weighted by atomic mass is 19.4. The minimum absolute atomic E-state index is 0.181. The summed E-state index contributed by atoms with van der Waals surface area (Å²) < 4.78 is 54.6. The quantitative estimate of drug-likeness (QED) is 0.532. The highest BCUT2D eigenvalue weighted by Gasteiger charge is 2.30. The van der Waals surface area contributed by atoms with E-state index in [9.17, 15) is 18.0 Å². The van der Waals surface area contributed by atoms with Gasteiger partial charge in [-0.05, 0) is 42.3 Å². The fourth-order valence-electron chi connectivity index (χ4n) is 3.10. The number of alkyl halides is 3. The van der Waals surface area contributed by atoms with Crippen molar-refractivity contribution in [3.63, 3.8) is 0 Å². The summed E-state index contributed by atoms with van der Waals surface area (Å²) in [5.41, 5.74) is 1.52. The van der Waals surface area contributed by atoms with Crippen LogP contribution in [-0.2, 0) is 10.9 Å². The van der Waals surface area contributed by atoms with E-state index in [1.807, 2.05) is 0 Å². The van der Waals surface area contributed by atoms with Crippen LogP contribution in [0.15, 0.2) is 48.7 Å². The summed E-state index contributed by atoms with van der Waals surface area (Å²) in [6, 6.07) is 9.79. The summed E-state index contributed by atoms with van der Waals surface area (Å²) in [7, 11) is 3.00. The third-order valence-electron chi connectivity index (χ3n) is 4.52. The molecule has 3 aromatic rings. The van der Waals surface area contributed by atoms with Crippen molar-refractivity contribution >= 4 is 5.97 Å². The van der Waals surface area contributed by atoms with Crippen molar-refractivity contribution in [2.45, 2.75) is 13.1 Å². The largest absolute Gasteiger partial charge is 0.497 e. The molecule has 1 aromatic heterocycles. The second kappa shape index (κ2) is 8.52. The predicted octanol–water partition coefficient (Wildman–Crippen LogP) is 5.56. The van der Waals surface area contributed by atoms with Crippen molar-refractivity contribution < 1.29 is 32.2 Å². The molecule has 1 N–H and O–H groups in total. The van der Waals surface area contributed by atoms with Crippen LogP contribution in [0.2, 0.25) is 0 Å². The highest BCUT2D eigenvalue weighted by Crippen LogP contribution is 2.39. The molecule has 0 bridgehead atoms. The predicted molar refractivity (Wildman–Crippen MR) is 106 cm³/mol. The first-order chi connectivity index (χ1) is 14.3. The van der Waals surface area contributed by atoms with E-state index in [0.29, 0.717) is 33.9 Å². The van der Waals surface area contributed by atoms with Gasteiger partial charge in [-0.15, -0.1) is 0 Å². The molecule has 0 radical (unpaired) electrons. The molecule has 0 saturated carbocycles. The summed E-state index contributed by atoms with van der Waals surface area (Å²) in [6.07, 6.45) is -2.96. The van der Waals surface area contributed by atoms with Crippen LogP contribution in [0, 0.1) is 0 Å². The van der Waals surface area contributed by atoms with Gasteiger partial charge in [0, 0.05) is 17.8 Å². The van der Waals surface area contributed by atoms with Crippen LogP contribution in [0.5, 0.6) is 11.5 Å². The van der Waals surface area contributed by atoms with Gasteiger partial charge in [0.05, 0.1) is 37.6 Å². The molecule has 0 atom stereocenters. The first-order valence-corrected chi connectivity index (χ1v) is 9.08. The fraction of sp³-hybridized carbons (Fsp3) is 0.227. The van der Waals surface area contributed by atoms with Gasteiger partial charge in [-0.2, -0.15) is 13.2 Å². The Morgan fingerprint density at radius 2 is 1.57 bits per heavy atom. The second-order valence-electron chi connectivity index (χ2n) is 6.35. The molecule has 0 saturated heterocycles. The van der Waals surface area contributed by atoms with Crippen LogP contribution in [0.3, 0.4) is 0 Å². The van der Waals surface area contributed by atoms with Gasteiger partial charge >= 0.3 is 12.1 Å². The van der Waals surface area contributed by atoms with Crippen molar-refractivity contribution in [2.24, 2.45) is 0 Å². The summed E-state index contributed by atoms with van der Waals surface area (Å²) in [5, 5.41) is 0. The van der Waals surface area contributed by atoms with Crippen LogP contribution >= 0.6 is 0 Å². The SMILES string of the molecule is CCOC(=O)c1c[nH]c(-c2ccc(C(F)(F)F)cc2)c1-c1cc(OC)cc(OC)c1. The number of hydrogen-bond donors (Lipinski definition) is 1. The van der Waals surface area contributed by atoms with Crippen LogP contribution in [0.1, 0.15) is 22.8 Å². The summed E-state index contributed by atoms with van der Waals surface area (Å²) in [4.78, 5) is 15.5. The number of H-pyrrole nitrogens is 1. The lowest BCUT2D eigenvalue weighted by molar-refractivity contribution is -0.137. The molecule has 158 valence electrons. The molecule has 0 aliphatic carbocycles. The van der Waals surface area contributed by atoms with Crippen molar-refractivity contribution in [3.8, 4) is 33.9 Å². The third-order valence-corrected chi connectivity index (χ3v) is 4.52. The molecule has 3 rings (SSSR count). The number of carbonyl (C=O) groups is 1. The highest BCUT2D eigenvalue weighted by molar-refractivity contribution is 6.02. The van der Waals surface area contributed by atoms with Gasteiger partial charge in [-0.1, -0.05) is 12.1 Å². The van der Waals surface area contributed by atoms with E-state index >= 15 is 0 Å². The Kier molecular flexibility index (Phi) is 6.05. The Labute approximate surface area is 171 Å². The van der Waals surface area contributed by atoms with E-state index in [2.05, 4.69) is 4.98 Å². The average Bonchev–Trinajstić information content (AvgIpc) is 3.18. The number of benzene rings is 2. The number of halogens is 3. The minimum Gasteiger partial charge on any atom is -0.497 e. The zero-order chi connectivity index (χ0) is 21.9. The number of methoxy groups -OCH3 is 2. The van der Waals surface area contributed by atoms with E-state index < -0.39 is 17.7 Å². The summed E-state index contributed by atoms with van der Waals surface area (Å²) >= 11 is 0. The zero-order valence-electron chi connectivity index (χ0n) is 16.6. The van der Waals surface area contributed by atoms with E-state index in [4.69, 9.17) is 14.2 Å². The lowest BCUT2D eigenvalue weighted by atomic mass is 9.96. The van der Waals surface area contributed by atoms with Crippen molar-refractivity contribution in [3.05, 3.63) is 59.8 Å². The topological polar surface area (TPSA) is 60.6 Å². The van der Waals surface area contributed by atoms with Gasteiger partial charge in [0.2, 0.25) is 0 Å². The van der Waals surface area contributed by atoms with E-state index in [0.717, 1.165) is 12.1 Å². The maximum atomic E-state index is 12.9. The first-order valence-electron chi connectivity index (χ1n) is 9.08. The smallest absolute Gasteiger partial charge is 0.416 e. The van der Waals surface area contributed by atoms with Gasteiger partial charge in [0.25, 0.3) is 0 Å². The molecule has 0 unspecified atom stereocenters. The number of carbonyl (C=O) groups excluding carboxylic acids is 1. The molecule has 8 heteroatoms. The number of rotatable bonds is 6. The molecule has 0 fully saturated rings. The Morgan fingerprint density at radius 3 is 2.07 bits per heavy atom. The minimum atomic E-state index is -4.44. The van der Waals surface area contributed by atoms with Crippen molar-refractivity contribution in [1.82, 2.24) is 4.98 Å². The Bertz CT molecular complexity index is 1020. The number of ether oxygens (including phenoxy) is 3. The molecular weight excluding hydrogens is 399 g/mol. The lowest BCUT2D eigenvalue weighted by Crippen LogP contribution is -2.05. The average molecular weight is 419 g/mol. The fourth-order valence-corrected chi connectivity index (χ4v) is 3.10. The number of aromatic nitrogens is 1. The van der Waals surface area contributed by atoms with Crippen LogP contribution in [0.4, 0.5) is 13.2 Å². The van der Waals surface area contributed by atoms with E-state index in [1.165, 1.54) is 32.5 Å². The number of hydrogen-bond acceptors (Lipinski definition) is 4. The Balaban J connectivity index is 2.20. The Hall–Kier alpha value is -3.42.